The van der Waals surface area contributed by atoms with Crippen LogP contribution in [0, 0.1) is 12.7 Å². The SMILES string of the molecule is Cc1cc2onc(C(C)C)c2cc1F. The summed E-state index contributed by atoms with van der Waals surface area (Å²) in [6.45, 7) is 5.73. The molecule has 2 rings (SSSR count). The van der Waals surface area contributed by atoms with Crippen molar-refractivity contribution < 1.29 is 8.91 Å². The van der Waals surface area contributed by atoms with Gasteiger partial charge in [0.05, 0.1) is 5.69 Å². The molecule has 0 aliphatic heterocycles. The van der Waals surface area contributed by atoms with Crippen molar-refractivity contribution in [3.63, 3.8) is 0 Å². The standard InChI is InChI=1S/C11H12FNO/c1-6(2)11-8-5-9(12)7(3)4-10(8)14-13-11/h4-6H,1-3H3. The van der Waals surface area contributed by atoms with Crippen LogP contribution in [-0.4, -0.2) is 5.16 Å². The molecule has 0 unspecified atom stereocenters. The smallest absolute Gasteiger partial charge is 0.167 e. The van der Waals surface area contributed by atoms with Gasteiger partial charge in [-0.05, 0) is 30.5 Å². The van der Waals surface area contributed by atoms with Crippen molar-refractivity contribution in [2.24, 2.45) is 0 Å². The van der Waals surface area contributed by atoms with Gasteiger partial charge in [0, 0.05) is 5.39 Å². The highest BCUT2D eigenvalue weighted by atomic mass is 19.1. The molecule has 0 N–H and O–H groups in total. The number of halogens is 1. The first kappa shape index (κ1) is 9.19. The number of benzene rings is 1. The molecular formula is C11H12FNO. The lowest BCUT2D eigenvalue weighted by Crippen LogP contribution is -1.88. The first-order chi connectivity index (χ1) is 6.59. The zero-order valence-electron chi connectivity index (χ0n) is 8.47. The Morgan fingerprint density at radius 1 is 1.36 bits per heavy atom. The number of hydrogen-bond acceptors (Lipinski definition) is 2. The Bertz CT molecular complexity index is 473. The molecule has 0 amide bonds. The van der Waals surface area contributed by atoms with E-state index in [1.54, 1.807) is 13.0 Å². The van der Waals surface area contributed by atoms with Crippen LogP contribution >= 0.6 is 0 Å². The highest BCUT2D eigenvalue weighted by Gasteiger charge is 2.13. The lowest BCUT2D eigenvalue weighted by molar-refractivity contribution is 0.441. The average Bonchev–Trinajstić information content (AvgIpc) is 2.48. The van der Waals surface area contributed by atoms with E-state index in [0.29, 0.717) is 11.1 Å². The number of nitrogens with zero attached hydrogens (tertiary/aromatic N) is 1. The average molecular weight is 193 g/mol. The van der Waals surface area contributed by atoms with Gasteiger partial charge in [0.2, 0.25) is 0 Å². The van der Waals surface area contributed by atoms with E-state index in [9.17, 15) is 4.39 Å². The predicted octanol–water partition coefficient (Wildman–Crippen LogP) is 3.40. The van der Waals surface area contributed by atoms with Crippen LogP contribution in [0.3, 0.4) is 0 Å². The second kappa shape index (κ2) is 3.08. The third-order valence-corrected chi connectivity index (χ3v) is 2.33. The van der Waals surface area contributed by atoms with Gasteiger partial charge >= 0.3 is 0 Å². The minimum absolute atomic E-state index is 0.206. The molecule has 1 aromatic carbocycles. The third-order valence-electron chi connectivity index (χ3n) is 2.33. The first-order valence-electron chi connectivity index (χ1n) is 4.65. The Hall–Kier alpha value is -1.38. The quantitative estimate of drug-likeness (QED) is 0.693. The van der Waals surface area contributed by atoms with E-state index in [1.165, 1.54) is 6.07 Å². The molecule has 0 radical (unpaired) electrons. The van der Waals surface area contributed by atoms with Crippen LogP contribution in [0.25, 0.3) is 11.0 Å². The van der Waals surface area contributed by atoms with Crippen LogP contribution in [0.15, 0.2) is 16.7 Å². The summed E-state index contributed by atoms with van der Waals surface area (Å²) in [5, 5.41) is 4.72. The fraction of sp³-hybridized carbons (Fsp3) is 0.364. The summed E-state index contributed by atoms with van der Waals surface area (Å²) in [6.07, 6.45) is 0. The molecule has 0 spiro atoms. The van der Waals surface area contributed by atoms with Crippen molar-refractivity contribution in [3.8, 4) is 0 Å². The molecule has 0 atom stereocenters. The van der Waals surface area contributed by atoms with Crippen molar-refractivity contribution in [2.45, 2.75) is 26.7 Å². The van der Waals surface area contributed by atoms with Gasteiger partial charge in [-0.1, -0.05) is 19.0 Å². The molecule has 0 saturated heterocycles. The number of aryl methyl sites for hydroxylation is 1. The molecule has 0 aliphatic carbocycles. The van der Waals surface area contributed by atoms with Crippen LogP contribution < -0.4 is 0 Å². The van der Waals surface area contributed by atoms with Gasteiger partial charge in [0.1, 0.15) is 5.82 Å². The van der Waals surface area contributed by atoms with Gasteiger partial charge < -0.3 is 4.52 Å². The number of aromatic nitrogens is 1. The Kier molecular flexibility index (Phi) is 2.02. The van der Waals surface area contributed by atoms with Gasteiger partial charge in [-0.2, -0.15) is 0 Å². The summed E-state index contributed by atoms with van der Waals surface area (Å²) < 4.78 is 18.4. The highest BCUT2D eigenvalue weighted by Crippen LogP contribution is 2.26. The summed E-state index contributed by atoms with van der Waals surface area (Å²) >= 11 is 0. The first-order valence-corrected chi connectivity index (χ1v) is 4.65. The molecule has 0 bridgehead atoms. The van der Waals surface area contributed by atoms with Crippen LogP contribution in [0.1, 0.15) is 31.0 Å². The lowest BCUT2D eigenvalue weighted by atomic mass is 10.0. The fourth-order valence-electron chi connectivity index (χ4n) is 1.49. The van der Waals surface area contributed by atoms with E-state index >= 15 is 0 Å². The van der Waals surface area contributed by atoms with Crippen LogP contribution in [0.4, 0.5) is 4.39 Å². The minimum Gasteiger partial charge on any atom is -0.356 e. The minimum atomic E-state index is -0.206. The van der Waals surface area contributed by atoms with E-state index in [4.69, 9.17) is 4.52 Å². The normalized spacial score (nSPS) is 11.5. The van der Waals surface area contributed by atoms with Crippen molar-refractivity contribution in [3.05, 3.63) is 29.2 Å². The second-order valence-electron chi connectivity index (χ2n) is 3.82. The van der Waals surface area contributed by atoms with Gasteiger partial charge in [0.25, 0.3) is 0 Å². The summed E-state index contributed by atoms with van der Waals surface area (Å²) in [6, 6.07) is 3.18. The number of fused-ring (bicyclic) bond motifs is 1. The van der Waals surface area contributed by atoms with Gasteiger partial charge in [0.15, 0.2) is 5.58 Å². The molecule has 0 saturated carbocycles. The molecule has 0 fully saturated rings. The topological polar surface area (TPSA) is 26.0 Å². The van der Waals surface area contributed by atoms with E-state index in [1.807, 2.05) is 13.8 Å². The van der Waals surface area contributed by atoms with Gasteiger partial charge in [-0.3, -0.25) is 0 Å². The second-order valence-corrected chi connectivity index (χ2v) is 3.82. The molecule has 3 heteroatoms. The van der Waals surface area contributed by atoms with E-state index in [2.05, 4.69) is 5.16 Å². The largest absolute Gasteiger partial charge is 0.356 e. The number of hydrogen-bond donors (Lipinski definition) is 0. The molecule has 0 aliphatic rings. The lowest BCUT2D eigenvalue weighted by Gasteiger charge is -1.99. The maximum absolute atomic E-state index is 13.3. The zero-order valence-corrected chi connectivity index (χ0v) is 8.47. The Morgan fingerprint density at radius 2 is 2.07 bits per heavy atom. The monoisotopic (exact) mass is 193 g/mol. The Balaban J connectivity index is 2.74. The Labute approximate surface area is 81.7 Å². The molecular weight excluding hydrogens is 181 g/mol. The molecule has 2 aromatic rings. The van der Waals surface area contributed by atoms with Crippen LogP contribution in [-0.2, 0) is 0 Å². The summed E-state index contributed by atoms with van der Waals surface area (Å²) in [5.41, 5.74) is 2.07. The summed E-state index contributed by atoms with van der Waals surface area (Å²) in [5.74, 6) is 0.0426. The maximum atomic E-state index is 13.3. The third kappa shape index (κ3) is 1.29. The van der Waals surface area contributed by atoms with E-state index < -0.39 is 0 Å². The van der Waals surface area contributed by atoms with E-state index in [-0.39, 0.29) is 11.7 Å². The molecule has 1 aromatic heterocycles. The highest BCUT2D eigenvalue weighted by molar-refractivity contribution is 5.80. The molecule has 2 nitrogen and oxygen atoms in total. The van der Waals surface area contributed by atoms with Crippen molar-refractivity contribution in [2.75, 3.05) is 0 Å². The van der Waals surface area contributed by atoms with Crippen molar-refractivity contribution >= 4 is 11.0 Å². The predicted molar refractivity (Wildman–Crippen MR) is 52.8 cm³/mol. The summed E-state index contributed by atoms with van der Waals surface area (Å²) in [7, 11) is 0. The Morgan fingerprint density at radius 3 is 2.71 bits per heavy atom. The summed E-state index contributed by atoms with van der Waals surface area (Å²) in [4.78, 5) is 0. The van der Waals surface area contributed by atoms with E-state index in [0.717, 1.165) is 11.1 Å². The molecule has 1 heterocycles. The van der Waals surface area contributed by atoms with Crippen molar-refractivity contribution in [1.29, 1.82) is 0 Å². The maximum Gasteiger partial charge on any atom is 0.167 e. The van der Waals surface area contributed by atoms with Gasteiger partial charge in [-0.15, -0.1) is 0 Å². The molecule has 14 heavy (non-hydrogen) atoms. The van der Waals surface area contributed by atoms with Gasteiger partial charge in [-0.25, -0.2) is 4.39 Å². The van der Waals surface area contributed by atoms with Crippen LogP contribution in [0.2, 0.25) is 0 Å². The number of rotatable bonds is 1. The zero-order chi connectivity index (χ0) is 10.3. The fourth-order valence-corrected chi connectivity index (χ4v) is 1.49. The van der Waals surface area contributed by atoms with Crippen LogP contribution in [0.5, 0.6) is 0 Å². The molecule has 74 valence electrons. The van der Waals surface area contributed by atoms with Crippen molar-refractivity contribution in [1.82, 2.24) is 5.16 Å².